The van der Waals surface area contributed by atoms with E-state index in [0.29, 0.717) is 24.8 Å². The van der Waals surface area contributed by atoms with Gasteiger partial charge in [0, 0.05) is 18.3 Å². The lowest BCUT2D eigenvalue weighted by Crippen LogP contribution is -2.64. The Morgan fingerprint density at radius 3 is 2.48 bits per heavy atom. The van der Waals surface area contributed by atoms with Gasteiger partial charge in [0.1, 0.15) is 0 Å². The highest BCUT2D eigenvalue weighted by Crippen LogP contribution is 2.50. The minimum Gasteiger partial charge on any atom is -0.389 e. The molecule has 2 rings (SSSR count). The van der Waals surface area contributed by atoms with Crippen molar-refractivity contribution >= 4 is 11.6 Å². The number of fused-ring (bicyclic) bond motifs is 2. The fourth-order valence-electron chi connectivity index (χ4n) is 4.20. The Labute approximate surface area is 138 Å². The zero-order valence-corrected chi connectivity index (χ0v) is 14.4. The van der Waals surface area contributed by atoms with E-state index in [9.17, 15) is 19.8 Å². The van der Waals surface area contributed by atoms with Crippen LogP contribution < -0.4 is 0 Å². The first-order valence-corrected chi connectivity index (χ1v) is 8.39. The van der Waals surface area contributed by atoms with E-state index in [2.05, 4.69) is 6.58 Å². The van der Waals surface area contributed by atoms with E-state index in [0.717, 1.165) is 12.0 Å². The predicted molar refractivity (Wildman–Crippen MR) is 88.8 cm³/mol. The molecule has 0 saturated heterocycles. The van der Waals surface area contributed by atoms with Crippen molar-refractivity contribution in [3.05, 3.63) is 23.8 Å². The standard InChI is InChI=1S/C19H28O4/c1-12-5-6-14-7-8-16(21)19(23,18(14,3)4)17(22)11-13(2)10-15(20)9-12/h10,14,17,22-23H,1,5-9,11H2,2-4H3/b13-10+/t14-,17+,19-/m1/s1. The molecule has 2 aliphatic rings. The zero-order chi connectivity index (χ0) is 17.4. The Kier molecular flexibility index (Phi) is 4.97. The monoisotopic (exact) mass is 320 g/mol. The van der Waals surface area contributed by atoms with Crippen molar-refractivity contribution in [2.45, 2.75) is 71.0 Å². The van der Waals surface area contributed by atoms with Crippen molar-refractivity contribution in [3.63, 3.8) is 0 Å². The number of aliphatic hydroxyl groups excluding tert-OH is 1. The smallest absolute Gasteiger partial charge is 0.167 e. The summed E-state index contributed by atoms with van der Waals surface area (Å²) in [5.41, 5.74) is -0.924. The van der Waals surface area contributed by atoms with Crippen molar-refractivity contribution in [1.82, 2.24) is 0 Å². The molecular formula is C19H28O4. The molecule has 0 radical (unpaired) electrons. The molecule has 0 aliphatic heterocycles. The molecule has 23 heavy (non-hydrogen) atoms. The lowest BCUT2D eigenvalue weighted by Gasteiger charge is -2.52. The van der Waals surface area contributed by atoms with Gasteiger partial charge in [-0.05, 0) is 44.6 Å². The van der Waals surface area contributed by atoms with Crippen LogP contribution in [0.4, 0.5) is 0 Å². The lowest BCUT2D eigenvalue weighted by atomic mass is 9.55. The summed E-state index contributed by atoms with van der Waals surface area (Å²) < 4.78 is 0. The van der Waals surface area contributed by atoms with Crippen molar-refractivity contribution < 1.29 is 19.8 Å². The van der Waals surface area contributed by atoms with Gasteiger partial charge in [-0.25, -0.2) is 0 Å². The largest absolute Gasteiger partial charge is 0.389 e. The Bertz CT molecular complexity index is 558. The number of ketones is 2. The Hall–Kier alpha value is -1.26. The topological polar surface area (TPSA) is 74.6 Å². The van der Waals surface area contributed by atoms with E-state index in [4.69, 9.17) is 0 Å². The molecule has 0 aromatic heterocycles. The van der Waals surface area contributed by atoms with Crippen LogP contribution in [0.1, 0.15) is 59.3 Å². The molecule has 128 valence electrons. The van der Waals surface area contributed by atoms with E-state index in [-0.39, 0.29) is 30.3 Å². The highest BCUT2D eigenvalue weighted by atomic mass is 16.4. The van der Waals surface area contributed by atoms with Crippen LogP contribution >= 0.6 is 0 Å². The molecule has 2 N–H and O–H groups in total. The number of hydrogen-bond donors (Lipinski definition) is 2. The van der Waals surface area contributed by atoms with E-state index < -0.39 is 17.1 Å². The first kappa shape index (κ1) is 18.1. The minimum absolute atomic E-state index is 0.0389. The molecule has 1 saturated carbocycles. The third-order valence-corrected chi connectivity index (χ3v) is 5.82. The molecule has 3 atom stereocenters. The van der Waals surface area contributed by atoms with Gasteiger partial charge < -0.3 is 10.2 Å². The number of rotatable bonds is 0. The van der Waals surface area contributed by atoms with E-state index >= 15 is 0 Å². The first-order valence-electron chi connectivity index (χ1n) is 8.39. The number of carbonyl (C=O) groups excluding carboxylic acids is 2. The molecule has 0 unspecified atom stereocenters. The summed E-state index contributed by atoms with van der Waals surface area (Å²) in [4.78, 5) is 24.5. The first-order chi connectivity index (χ1) is 10.6. The number of hydrogen-bond acceptors (Lipinski definition) is 4. The van der Waals surface area contributed by atoms with Crippen molar-refractivity contribution in [2.75, 3.05) is 0 Å². The Morgan fingerprint density at radius 2 is 1.83 bits per heavy atom. The molecule has 4 heteroatoms. The van der Waals surface area contributed by atoms with Gasteiger partial charge in [0.15, 0.2) is 17.2 Å². The van der Waals surface area contributed by atoms with E-state index in [1.54, 1.807) is 6.92 Å². The van der Waals surface area contributed by atoms with E-state index in [1.807, 2.05) is 13.8 Å². The summed E-state index contributed by atoms with van der Waals surface area (Å²) in [5, 5.41) is 21.8. The summed E-state index contributed by atoms with van der Waals surface area (Å²) >= 11 is 0. The molecule has 0 amide bonds. The molecule has 0 aromatic rings. The van der Waals surface area contributed by atoms with Crippen LogP contribution in [-0.4, -0.2) is 33.5 Å². The summed E-state index contributed by atoms with van der Waals surface area (Å²) in [5.74, 6) is -0.223. The lowest BCUT2D eigenvalue weighted by molar-refractivity contribution is -0.193. The molecule has 0 aromatic carbocycles. The number of Topliss-reactive ketones (excluding diaryl/α,β-unsaturated/α-hetero) is 1. The number of aliphatic hydroxyl groups is 2. The Morgan fingerprint density at radius 1 is 1.22 bits per heavy atom. The van der Waals surface area contributed by atoms with Gasteiger partial charge in [-0.1, -0.05) is 31.6 Å². The van der Waals surface area contributed by atoms with Gasteiger partial charge in [0.25, 0.3) is 0 Å². The second kappa shape index (κ2) is 6.33. The highest BCUT2D eigenvalue weighted by molar-refractivity contribution is 5.92. The summed E-state index contributed by atoms with van der Waals surface area (Å²) in [6.07, 6.45) is 3.21. The second-order valence-electron chi connectivity index (χ2n) is 7.79. The average molecular weight is 320 g/mol. The highest BCUT2D eigenvalue weighted by Gasteiger charge is 2.59. The van der Waals surface area contributed by atoms with Gasteiger partial charge >= 0.3 is 0 Å². The van der Waals surface area contributed by atoms with Crippen LogP contribution in [0.2, 0.25) is 0 Å². The predicted octanol–water partition coefficient (Wildman–Crippen LogP) is 2.73. The maximum absolute atomic E-state index is 12.5. The molecule has 0 spiro atoms. The maximum atomic E-state index is 12.5. The molecular weight excluding hydrogens is 292 g/mol. The molecule has 4 nitrogen and oxygen atoms in total. The normalized spacial score (nSPS) is 38.3. The van der Waals surface area contributed by atoms with Gasteiger partial charge in [0.05, 0.1) is 6.10 Å². The second-order valence-corrected chi connectivity index (χ2v) is 7.79. The summed E-state index contributed by atoms with van der Waals surface area (Å²) in [7, 11) is 0. The third kappa shape index (κ3) is 3.20. The van der Waals surface area contributed by atoms with Crippen LogP contribution in [0.5, 0.6) is 0 Å². The average Bonchev–Trinajstić information content (AvgIpc) is 2.42. The third-order valence-electron chi connectivity index (χ3n) is 5.82. The Balaban J connectivity index is 2.46. The van der Waals surface area contributed by atoms with Gasteiger partial charge in [-0.15, -0.1) is 0 Å². The number of carbonyl (C=O) groups is 2. The SMILES string of the molecule is C=C1CC[C@@H]2CCC(=O)[C@@](O)([C@@H](O)C/C(C)=C/C(=O)C1)C2(C)C. The molecule has 1 fully saturated rings. The van der Waals surface area contributed by atoms with Gasteiger partial charge in [0.2, 0.25) is 0 Å². The van der Waals surface area contributed by atoms with Crippen molar-refractivity contribution in [1.29, 1.82) is 0 Å². The fraction of sp³-hybridized carbons (Fsp3) is 0.684. The summed E-state index contributed by atoms with van der Waals surface area (Å²) in [6.45, 7) is 9.48. The molecule has 2 aliphatic carbocycles. The fourth-order valence-corrected chi connectivity index (χ4v) is 4.20. The van der Waals surface area contributed by atoms with Crippen LogP contribution in [0, 0.1) is 11.3 Å². The van der Waals surface area contributed by atoms with Gasteiger partial charge in [-0.3, -0.25) is 9.59 Å². The van der Waals surface area contributed by atoms with E-state index in [1.165, 1.54) is 6.08 Å². The van der Waals surface area contributed by atoms with Crippen LogP contribution in [-0.2, 0) is 9.59 Å². The zero-order valence-electron chi connectivity index (χ0n) is 14.4. The maximum Gasteiger partial charge on any atom is 0.167 e. The minimum atomic E-state index is -1.77. The van der Waals surface area contributed by atoms with Crippen molar-refractivity contribution in [2.24, 2.45) is 11.3 Å². The summed E-state index contributed by atoms with van der Waals surface area (Å²) in [6, 6.07) is 0. The molecule has 0 heterocycles. The molecule has 2 bridgehead atoms. The van der Waals surface area contributed by atoms with Gasteiger partial charge in [-0.2, -0.15) is 0 Å². The van der Waals surface area contributed by atoms with Crippen LogP contribution in [0.15, 0.2) is 23.8 Å². The van der Waals surface area contributed by atoms with Crippen LogP contribution in [0.3, 0.4) is 0 Å². The van der Waals surface area contributed by atoms with Crippen LogP contribution in [0.25, 0.3) is 0 Å². The quantitative estimate of drug-likeness (QED) is 0.673. The van der Waals surface area contributed by atoms with Crippen molar-refractivity contribution in [3.8, 4) is 0 Å². The number of allylic oxidation sites excluding steroid dienone is 2.